The van der Waals surface area contributed by atoms with Crippen molar-refractivity contribution in [3.8, 4) is 56.0 Å². The predicted molar refractivity (Wildman–Crippen MR) is 231 cm³/mol. The first-order valence-electron chi connectivity index (χ1n) is 19.1. The summed E-state index contributed by atoms with van der Waals surface area (Å²) in [5.41, 5.74) is 12.2. The van der Waals surface area contributed by atoms with Crippen molar-refractivity contribution in [1.82, 2.24) is 9.97 Å². The molecular formula is C53H36N2. The fourth-order valence-corrected chi connectivity index (χ4v) is 9.18. The topological polar surface area (TPSA) is 25.8 Å². The molecule has 9 aromatic carbocycles. The quantitative estimate of drug-likeness (QED) is 0.171. The maximum Gasteiger partial charge on any atom is 0.160 e. The van der Waals surface area contributed by atoms with Crippen LogP contribution in [0.1, 0.15) is 25.1 Å². The lowest BCUT2D eigenvalue weighted by Crippen LogP contribution is -2.18. The van der Waals surface area contributed by atoms with Gasteiger partial charge in [-0.15, -0.1) is 0 Å². The van der Waals surface area contributed by atoms with Gasteiger partial charge in [0.15, 0.2) is 5.82 Å². The highest BCUT2D eigenvalue weighted by molar-refractivity contribution is 6.25. The van der Waals surface area contributed by atoms with Crippen LogP contribution in [0.2, 0.25) is 0 Å². The van der Waals surface area contributed by atoms with Crippen LogP contribution >= 0.6 is 0 Å². The molecule has 2 nitrogen and oxygen atoms in total. The molecule has 0 saturated carbocycles. The molecule has 0 aliphatic heterocycles. The summed E-state index contributed by atoms with van der Waals surface area (Å²) in [4.78, 5) is 10.8. The number of hydrogen-bond donors (Lipinski definition) is 0. The van der Waals surface area contributed by atoms with Gasteiger partial charge in [0.1, 0.15) is 0 Å². The lowest BCUT2D eigenvalue weighted by Gasteiger charge is -2.22. The number of rotatable bonds is 4. The van der Waals surface area contributed by atoms with E-state index in [4.69, 9.17) is 9.97 Å². The Bertz CT molecular complexity index is 3140. The number of hydrogen-bond acceptors (Lipinski definition) is 2. The normalized spacial score (nSPS) is 13.1. The number of benzene rings is 9. The molecule has 0 bridgehead atoms. The molecule has 0 unspecified atom stereocenters. The summed E-state index contributed by atoms with van der Waals surface area (Å²) < 4.78 is 0. The van der Waals surface area contributed by atoms with E-state index in [1.165, 1.54) is 65.3 Å². The summed E-state index contributed by atoms with van der Waals surface area (Å²) in [7, 11) is 0. The Kier molecular flexibility index (Phi) is 6.93. The Balaban J connectivity index is 1.04. The lowest BCUT2D eigenvalue weighted by atomic mass is 9.82. The Morgan fingerprint density at radius 2 is 0.873 bits per heavy atom. The second-order valence-corrected chi connectivity index (χ2v) is 15.3. The molecule has 1 aliphatic rings. The van der Waals surface area contributed by atoms with E-state index in [9.17, 15) is 0 Å². The van der Waals surface area contributed by atoms with E-state index >= 15 is 0 Å². The Morgan fingerprint density at radius 3 is 1.55 bits per heavy atom. The van der Waals surface area contributed by atoms with Crippen LogP contribution in [0.25, 0.3) is 99.1 Å². The zero-order valence-corrected chi connectivity index (χ0v) is 30.7. The van der Waals surface area contributed by atoms with E-state index in [1.807, 2.05) is 0 Å². The Hall–Kier alpha value is -6.90. The molecule has 1 aromatic heterocycles. The highest BCUT2D eigenvalue weighted by Gasteiger charge is 2.41. The van der Waals surface area contributed by atoms with Crippen LogP contribution in [0.4, 0.5) is 0 Å². The summed E-state index contributed by atoms with van der Waals surface area (Å²) in [6, 6.07) is 65.9. The molecule has 0 spiro atoms. The van der Waals surface area contributed by atoms with Gasteiger partial charge < -0.3 is 0 Å². The summed E-state index contributed by atoms with van der Waals surface area (Å²) in [5, 5.41) is 10.2. The molecule has 1 heterocycles. The van der Waals surface area contributed by atoms with Crippen molar-refractivity contribution in [2.45, 2.75) is 19.3 Å². The van der Waals surface area contributed by atoms with Crippen molar-refractivity contribution in [3.63, 3.8) is 0 Å². The fourth-order valence-electron chi connectivity index (χ4n) is 9.18. The Morgan fingerprint density at radius 1 is 0.364 bits per heavy atom. The zero-order chi connectivity index (χ0) is 36.7. The molecule has 0 radical (unpaired) electrons. The van der Waals surface area contributed by atoms with E-state index in [2.05, 4.69) is 196 Å². The summed E-state index contributed by atoms with van der Waals surface area (Å²) in [6.07, 6.45) is 0. The van der Waals surface area contributed by atoms with Gasteiger partial charge in [-0.3, -0.25) is 0 Å². The first-order chi connectivity index (χ1) is 27.0. The van der Waals surface area contributed by atoms with E-state index < -0.39 is 0 Å². The SMILES string of the molecule is CC1(C)c2nc(-c3cccc(-c4cccc(-c5ccc6c7ccccc7c7ccccc7c6c5)c4)c3)nc(-c3ccccc3)c2-c2ccc3ccccc3c21. The maximum atomic E-state index is 5.45. The van der Waals surface area contributed by atoms with Crippen LogP contribution in [0.15, 0.2) is 182 Å². The van der Waals surface area contributed by atoms with Gasteiger partial charge in [0.25, 0.3) is 0 Å². The minimum absolute atomic E-state index is 0.309. The van der Waals surface area contributed by atoms with Gasteiger partial charge in [0.05, 0.1) is 11.4 Å². The molecule has 0 atom stereocenters. The lowest BCUT2D eigenvalue weighted by molar-refractivity contribution is 0.641. The molecule has 11 rings (SSSR count). The number of aromatic nitrogens is 2. The van der Waals surface area contributed by atoms with Crippen LogP contribution in [0.5, 0.6) is 0 Å². The van der Waals surface area contributed by atoms with Gasteiger partial charge in [0.2, 0.25) is 0 Å². The monoisotopic (exact) mass is 700 g/mol. The predicted octanol–water partition coefficient (Wildman–Crippen LogP) is 14.1. The van der Waals surface area contributed by atoms with Crippen LogP contribution < -0.4 is 0 Å². The third-order valence-electron chi connectivity index (χ3n) is 11.8. The summed E-state index contributed by atoms with van der Waals surface area (Å²) >= 11 is 0. The number of nitrogens with zero attached hydrogens (tertiary/aromatic N) is 2. The molecule has 258 valence electrons. The third-order valence-corrected chi connectivity index (χ3v) is 11.8. The van der Waals surface area contributed by atoms with E-state index in [0.717, 1.165) is 45.0 Å². The minimum atomic E-state index is -0.309. The van der Waals surface area contributed by atoms with Crippen LogP contribution in [-0.2, 0) is 5.41 Å². The van der Waals surface area contributed by atoms with Crippen molar-refractivity contribution in [2.75, 3.05) is 0 Å². The average molecular weight is 701 g/mol. The number of fused-ring (bicyclic) bond motifs is 11. The summed E-state index contributed by atoms with van der Waals surface area (Å²) in [6.45, 7) is 4.63. The van der Waals surface area contributed by atoms with E-state index in [1.54, 1.807) is 0 Å². The first-order valence-corrected chi connectivity index (χ1v) is 19.1. The van der Waals surface area contributed by atoms with Crippen molar-refractivity contribution in [2.24, 2.45) is 0 Å². The van der Waals surface area contributed by atoms with Gasteiger partial charge in [-0.2, -0.15) is 0 Å². The van der Waals surface area contributed by atoms with Gasteiger partial charge in [-0.25, -0.2) is 9.97 Å². The Labute approximate surface area is 320 Å². The molecule has 0 fully saturated rings. The van der Waals surface area contributed by atoms with Gasteiger partial charge in [0, 0.05) is 22.1 Å². The molecule has 55 heavy (non-hydrogen) atoms. The average Bonchev–Trinajstić information content (AvgIpc) is 3.49. The molecule has 0 N–H and O–H groups in total. The maximum absolute atomic E-state index is 5.45. The van der Waals surface area contributed by atoms with Crippen LogP contribution in [0.3, 0.4) is 0 Å². The molecule has 2 heteroatoms. The van der Waals surface area contributed by atoms with Gasteiger partial charge >= 0.3 is 0 Å². The van der Waals surface area contributed by atoms with Gasteiger partial charge in [-0.05, 0) is 94.7 Å². The van der Waals surface area contributed by atoms with Crippen molar-refractivity contribution in [1.29, 1.82) is 0 Å². The molecule has 0 amide bonds. The molecular weight excluding hydrogens is 665 g/mol. The fraction of sp³-hybridized carbons (Fsp3) is 0.0566. The van der Waals surface area contributed by atoms with Crippen molar-refractivity contribution in [3.05, 3.63) is 193 Å². The molecule has 0 saturated heterocycles. The smallest absolute Gasteiger partial charge is 0.160 e. The second-order valence-electron chi connectivity index (χ2n) is 15.3. The minimum Gasteiger partial charge on any atom is -0.231 e. The van der Waals surface area contributed by atoms with Gasteiger partial charge in [-0.1, -0.05) is 178 Å². The highest BCUT2D eigenvalue weighted by atomic mass is 14.9. The van der Waals surface area contributed by atoms with Crippen LogP contribution in [-0.4, -0.2) is 9.97 Å². The second kappa shape index (κ2) is 12.1. The highest BCUT2D eigenvalue weighted by Crippen LogP contribution is 2.53. The zero-order valence-electron chi connectivity index (χ0n) is 30.7. The largest absolute Gasteiger partial charge is 0.231 e. The van der Waals surface area contributed by atoms with Crippen molar-refractivity contribution < 1.29 is 0 Å². The summed E-state index contributed by atoms with van der Waals surface area (Å²) in [5.74, 6) is 0.745. The standard InChI is InChI=1S/C53H36N2/c1-53(2)49-40-21-7-6-14-33(40)26-29-46(49)48-50(34-15-4-3-5-16-34)54-52(55-51(48)53)39-20-13-19-37(31-39)35-17-12-18-36(30-35)38-27-28-45-43-24-9-8-22-41(43)42-23-10-11-25-44(42)47(45)32-38/h3-32H,1-2H3. The van der Waals surface area contributed by atoms with E-state index in [0.29, 0.717) is 0 Å². The third kappa shape index (κ3) is 4.88. The molecule has 10 aromatic rings. The first kappa shape index (κ1) is 31.6. The van der Waals surface area contributed by atoms with Crippen LogP contribution in [0, 0.1) is 0 Å². The molecule has 1 aliphatic carbocycles. The van der Waals surface area contributed by atoms with Crippen molar-refractivity contribution >= 4 is 43.1 Å². The van der Waals surface area contributed by atoms with E-state index in [-0.39, 0.29) is 5.41 Å².